The first kappa shape index (κ1) is 13.2. The molecule has 0 aliphatic carbocycles. The van der Waals surface area contributed by atoms with E-state index in [4.69, 9.17) is 0 Å². The number of hydrogen-bond acceptors (Lipinski definition) is 3. The molecule has 0 radical (unpaired) electrons. The smallest absolute Gasteiger partial charge is 0.0687 e. The molecule has 0 bridgehead atoms. The lowest BCUT2D eigenvalue weighted by molar-refractivity contribution is 0.0500. The molecule has 1 aromatic heterocycles. The molecule has 0 aromatic carbocycles. The molecule has 0 amide bonds. The van der Waals surface area contributed by atoms with E-state index in [1.54, 1.807) is 4.68 Å². The van der Waals surface area contributed by atoms with Crippen molar-refractivity contribution < 1.29 is 5.11 Å². The molecule has 4 heteroatoms. The highest BCUT2D eigenvalue weighted by Gasteiger charge is 2.21. The highest BCUT2D eigenvalue weighted by Crippen LogP contribution is 2.15. The Kier molecular flexibility index (Phi) is 4.50. The average molecular weight is 225 g/mol. The Balaban J connectivity index is 2.39. The van der Waals surface area contributed by atoms with Gasteiger partial charge >= 0.3 is 0 Å². The Bertz CT molecular complexity index is 318. The molecule has 1 aromatic rings. The van der Waals surface area contributed by atoms with Gasteiger partial charge < -0.3 is 10.4 Å². The van der Waals surface area contributed by atoms with Gasteiger partial charge in [-0.05, 0) is 26.0 Å². The molecular formula is C12H23N3O. The molecule has 0 saturated heterocycles. The molecule has 0 spiro atoms. The van der Waals surface area contributed by atoms with Crippen molar-refractivity contribution in [2.45, 2.75) is 45.3 Å². The fourth-order valence-electron chi connectivity index (χ4n) is 1.67. The second-order valence-corrected chi connectivity index (χ2v) is 5.01. The molecule has 1 heterocycles. The van der Waals surface area contributed by atoms with Crippen LogP contribution in [0.15, 0.2) is 12.3 Å². The Morgan fingerprint density at radius 1 is 1.56 bits per heavy atom. The van der Waals surface area contributed by atoms with Crippen LogP contribution in [0, 0.1) is 0 Å². The summed E-state index contributed by atoms with van der Waals surface area (Å²) < 4.78 is 1.76. The third-order valence-electron chi connectivity index (χ3n) is 2.55. The van der Waals surface area contributed by atoms with Gasteiger partial charge in [-0.25, -0.2) is 0 Å². The molecule has 0 aliphatic heterocycles. The van der Waals surface area contributed by atoms with Crippen molar-refractivity contribution in [3.8, 4) is 0 Å². The van der Waals surface area contributed by atoms with Gasteiger partial charge in [0.25, 0.3) is 0 Å². The van der Waals surface area contributed by atoms with Crippen LogP contribution in [0.25, 0.3) is 0 Å². The van der Waals surface area contributed by atoms with Gasteiger partial charge in [0, 0.05) is 25.7 Å². The van der Waals surface area contributed by atoms with E-state index in [9.17, 15) is 5.11 Å². The van der Waals surface area contributed by atoms with Crippen molar-refractivity contribution in [3.63, 3.8) is 0 Å². The molecular weight excluding hydrogens is 202 g/mol. The van der Waals surface area contributed by atoms with Crippen LogP contribution >= 0.6 is 0 Å². The van der Waals surface area contributed by atoms with E-state index in [0.29, 0.717) is 12.5 Å². The summed E-state index contributed by atoms with van der Waals surface area (Å²) >= 11 is 0. The van der Waals surface area contributed by atoms with Gasteiger partial charge in [0.05, 0.1) is 11.3 Å². The third kappa shape index (κ3) is 4.77. The van der Waals surface area contributed by atoms with Crippen LogP contribution < -0.4 is 5.32 Å². The summed E-state index contributed by atoms with van der Waals surface area (Å²) in [5.74, 6) is 0. The molecule has 0 fully saturated rings. The fourth-order valence-corrected chi connectivity index (χ4v) is 1.67. The Morgan fingerprint density at radius 2 is 2.25 bits per heavy atom. The highest BCUT2D eigenvalue weighted by molar-refractivity contribution is 5.03. The highest BCUT2D eigenvalue weighted by atomic mass is 16.3. The lowest BCUT2D eigenvalue weighted by Gasteiger charge is -2.23. The first-order chi connectivity index (χ1) is 7.39. The van der Waals surface area contributed by atoms with E-state index in [1.807, 2.05) is 26.2 Å². The molecule has 4 nitrogen and oxygen atoms in total. The Hall–Kier alpha value is -0.870. The lowest BCUT2D eigenvalue weighted by Crippen LogP contribution is -2.34. The second kappa shape index (κ2) is 5.46. The van der Waals surface area contributed by atoms with Crippen LogP contribution in [0.2, 0.25) is 0 Å². The SMILES string of the molecule is CC(C)NCCC(C)(O)Cc1ccn(C)n1. The zero-order valence-corrected chi connectivity index (χ0v) is 10.7. The minimum atomic E-state index is -0.684. The fraction of sp³-hybridized carbons (Fsp3) is 0.750. The predicted octanol–water partition coefficient (Wildman–Crippen LogP) is 1.10. The van der Waals surface area contributed by atoms with E-state index >= 15 is 0 Å². The zero-order chi connectivity index (χ0) is 12.2. The summed E-state index contributed by atoms with van der Waals surface area (Å²) in [5.41, 5.74) is 0.257. The standard InChI is InChI=1S/C12H23N3O/c1-10(2)13-7-6-12(3,16)9-11-5-8-15(4)14-11/h5,8,10,13,16H,6-7,9H2,1-4H3. The van der Waals surface area contributed by atoms with Gasteiger partial charge in [-0.1, -0.05) is 13.8 Å². The lowest BCUT2D eigenvalue weighted by atomic mass is 9.96. The monoisotopic (exact) mass is 225 g/mol. The number of rotatable bonds is 6. The van der Waals surface area contributed by atoms with Crippen LogP contribution in [-0.2, 0) is 13.5 Å². The maximum atomic E-state index is 10.2. The van der Waals surface area contributed by atoms with Crippen LogP contribution in [0.1, 0.15) is 32.9 Å². The first-order valence-electron chi connectivity index (χ1n) is 5.83. The predicted molar refractivity (Wildman–Crippen MR) is 65.3 cm³/mol. The minimum Gasteiger partial charge on any atom is -0.390 e. The molecule has 0 saturated carbocycles. The van der Waals surface area contributed by atoms with Gasteiger partial charge in [-0.3, -0.25) is 4.68 Å². The summed E-state index contributed by atoms with van der Waals surface area (Å²) in [6, 6.07) is 2.41. The van der Waals surface area contributed by atoms with E-state index in [1.165, 1.54) is 0 Å². The van der Waals surface area contributed by atoms with Gasteiger partial charge in [-0.2, -0.15) is 5.10 Å². The molecule has 1 atom stereocenters. The molecule has 1 rings (SSSR count). The van der Waals surface area contributed by atoms with Crippen LogP contribution in [0.5, 0.6) is 0 Å². The number of hydrogen-bond donors (Lipinski definition) is 2. The first-order valence-corrected chi connectivity index (χ1v) is 5.83. The van der Waals surface area contributed by atoms with E-state index in [0.717, 1.165) is 18.7 Å². The van der Waals surface area contributed by atoms with E-state index in [2.05, 4.69) is 24.3 Å². The molecule has 16 heavy (non-hydrogen) atoms. The quantitative estimate of drug-likeness (QED) is 0.762. The summed E-state index contributed by atoms with van der Waals surface area (Å²) in [4.78, 5) is 0. The van der Waals surface area contributed by atoms with Gasteiger partial charge in [0.1, 0.15) is 0 Å². The molecule has 2 N–H and O–H groups in total. The number of nitrogens with one attached hydrogen (secondary N) is 1. The van der Waals surface area contributed by atoms with Crippen molar-refractivity contribution in [1.82, 2.24) is 15.1 Å². The Labute approximate surface area is 97.7 Å². The Morgan fingerprint density at radius 3 is 2.75 bits per heavy atom. The topological polar surface area (TPSA) is 50.1 Å². The van der Waals surface area contributed by atoms with Crippen molar-refractivity contribution in [1.29, 1.82) is 0 Å². The summed E-state index contributed by atoms with van der Waals surface area (Å²) in [6.07, 6.45) is 3.24. The van der Waals surface area contributed by atoms with Crippen molar-refractivity contribution >= 4 is 0 Å². The van der Waals surface area contributed by atoms with Crippen molar-refractivity contribution in [2.75, 3.05) is 6.54 Å². The van der Waals surface area contributed by atoms with Crippen molar-refractivity contribution in [3.05, 3.63) is 18.0 Å². The van der Waals surface area contributed by atoms with Crippen LogP contribution in [0.4, 0.5) is 0 Å². The van der Waals surface area contributed by atoms with Crippen LogP contribution in [0.3, 0.4) is 0 Å². The molecule has 92 valence electrons. The van der Waals surface area contributed by atoms with E-state index < -0.39 is 5.60 Å². The van der Waals surface area contributed by atoms with Gasteiger partial charge in [0.2, 0.25) is 0 Å². The molecule has 0 aliphatic rings. The van der Waals surface area contributed by atoms with Gasteiger partial charge in [0.15, 0.2) is 0 Å². The van der Waals surface area contributed by atoms with E-state index in [-0.39, 0.29) is 0 Å². The number of aryl methyl sites for hydroxylation is 1. The zero-order valence-electron chi connectivity index (χ0n) is 10.7. The normalized spacial score (nSPS) is 15.4. The summed E-state index contributed by atoms with van der Waals surface area (Å²) in [6.45, 7) is 6.90. The van der Waals surface area contributed by atoms with Crippen LogP contribution in [-0.4, -0.2) is 33.1 Å². The van der Waals surface area contributed by atoms with Crippen molar-refractivity contribution in [2.24, 2.45) is 7.05 Å². The number of nitrogens with zero attached hydrogens (tertiary/aromatic N) is 2. The minimum absolute atomic E-state index is 0.464. The molecule has 1 unspecified atom stereocenters. The summed E-state index contributed by atoms with van der Waals surface area (Å²) in [5, 5.41) is 17.8. The van der Waals surface area contributed by atoms with Gasteiger partial charge in [-0.15, -0.1) is 0 Å². The second-order valence-electron chi connectivity index (χ2n) is 5.01. The summed E-state index contributed by atoms with van der Waals surface area (Å²) in [7, 11) is 1.89. The maximum Gasteiger partial charge on any atom is 0.0687 e. The third-order valence-corrected chi connectivity index (χ3v) is 2.55. The number of aromatic nitrogens is 2. The maximum absolute atomic E-state index is 10.2. The largest absolute Gasteiger partial charge is 0.390 e. The number of aliphatic hydroxyl groups is 1. The average Bonchev–Trinajstić information content (AvgIpc) is 2.48.